The average Bonchev–Trinajstić information content (AvgIpc) is 2.95. The van der Waals surface area contributed by atoms with Gasteiger partial charge in [-0.1, -0.05) is 79.7 Å². The highest BCUT2D eigenvalue weighted by Gasteiger charge is 2.52. The number of benzene rings is 4. The number of hydrogen-bond donors (Lipinski definition) is 0. The Labute approximate surface area is 234 Å². The number of halogens is 1. The Balaban J connectivity index is 1.28. The van der Waals surface area contributed by atoms with Crippen molar-refractivity contribution in [2.75, 3.05) is 13.1 Å². The Morgan fingerprint density at radius 2 is 1.50 bits per heavy atom. The summed E-state index contributed by atoms with van der Waals surface area (Å²) in [5, 5.41) is 0. The molecule has 1 fully saturated rings. The van der Waals surface area contributed by atoms with Gasteiger partial charge in [0.15, 0.2) is 5.60 Å². The zero-order valence-corrected chi connectivity index (χ0v) is 22.9. The van der Waals surface area contributed by atoms with Crippen molar-refractivity contribution in [2.24, 2.45) is 5.92 Å². The van der Waals surface area contributed by atoms with Gasteiger partial charge in [0, 0.05) is 0 Å². The van der Waals surface area contributed by atoms with Crippen LogP contribution in [0.3, 0.4) is 0 Å². The van der Waals surface area contributed by atoms with Crippen LogP contribution < -0.4 is 4.74 Å². The summed E-state index contributed by atoms with van der Waals surface area (Å²) in [4.78, 5) is 12.7. The number of esters is 1. The standard InChI is InChI=1S/C32H30FNO5S/c1-24(31(35)38-21-25-9-4-2-5-10-25)19-26-11-8-14-30(20-26)40(36,37)34-22-32(23-34,27-12-6-3-7-13-27)39-29-17-15-28(33)16-18-29/h2-18,20,24H,19,21-23H2,1H3/t24-/m0/s1. The van der Waals surface area contributed by atoms with Crippen LogP contribution in [0.15, 0.2) is 114 Å². The fraction of sp³-hybridized carbons (Fsp3) is 0.219. The van der Waals surface area contributed by atoms with Crippen molar-refractivity contribution in [3.8, 4) is 5.75 Å². The lowest BCUT2D eigenvalue weighted by atomic mass is 9.87. The van der Waals surface area contributed by atoms with E-state index in [1.165, 1.54) is 28.6 Å². The lowest BCUT2D eigenvalue weighted by molar-refractivity contribution is -0.149. The molecule has 8 heteroatoms. The molecule has 0 unspecified atom stereocenters. The molecular formula is C32H30FNO5S. The van der Waals surface area contributed by atoms with Crippen LogP contribution in [0.1, 0.15) is 23.6 Å². The molecule has 4 aromatic rings. The van der Waals surface area contributed by atoms with Gasteiger partial charge >= 0.3 is 5.97 Å². The topological polar surface area (TPSA) is 72.9 Å². The molecule has 4 aromatic carbocycles. The first kappa shape index (κ1) is 27.6. The molecule has 1 heterocycles. The maximum Gasteiger partial charge on any atom is 0.309 e. The molecule has 40 heavy (non-hydrogen) atoms. The van der Waals surface area contributed by atoms with Crippen LogP contribution in [-0.2, 0) is 38.2 Å². The van der Waals surface area contributed by atoms with Crippen molar-refractivity contribution in [3.63, 3.8) is 0 Å². The van der Waals surface area contributed by atoms with Gasteiger partial charge in [0.2, 0.25) is 10.0 Å². The zero-order valence-electron chi connectivity index (χ0n) is 22.1. The van der Waals surface area contributed by atoms with E-state index < -0.39 is 21.5 Å². The first-order chi connectivity index (χ1) is 19.2. The van der Waals surface area contributed by atoms with Crippen LogP contribution in [0, 0.1) is 11.7 Å². The summed E-state index contributed by atoms with van der Waals surface area (Å²) in [5.74, 6) is -0.707. The predicted molar refractivity (Wildman–Crippen MR) is 149 cm³/mol. The van der Waals surface area contributed by atoms with Gasteiger partial charge in [-0.2, -0.15) is 4.31 Å². The number of carbonyl (C=O) groups is 1. The van der Waals surface area contributed by atoms with Gasteiger partial charge in [-0.05, 0) is 59.5 Å². The normalized spacial score (nSPS) is 15.6. The lowest BCUT2D eigenvalue weighted by Crippen LogP contribution is -2.64. The Hall–Kier alpha value is -4.01. The molecule has 0 bridgehead atoms. The second-order valence-electron chi connectivity index (χ2n) is 10.0. The first-order valence-corrected chi connectivity index (χ1v) is 14.5. The van der Waals surface area contributed by atoms with E-state index in [0.717, 1.165) is 16.7 Å². The van der Waals surface area contributed by atoms with E-state index in [-0.39, 0.29) is 36.4 Å². The van der Waals surface area contributed by atoms with Gasteiger partial charge < -0.3 is 9.47 Å². The van der Waals surface area contributed by atoms with Crippen LogP contribution in [0.5, 0.6) is 5.75 Å². The third-order valence-corrected chi connectivity index (χ3v) is 8.78. The molecule has 206 valence electrons. The molecule has 1 aliphatic heterocycles. The molecule has 6 nitrogen and oxygen atoms in total. The Morgan fingerprint density at radius 3 is 2.17 bits per heavy atom. The van der Waals surface area contributed by atoms with Gasteiger partial charge in [0.25, 0.3) is 0 Å². The summed E-state index contributed by atoms with van der Waals surface area (Å²) in [6, 6.07) is 31.2. The monoisotopic (exact) mass is 559 g/mol. The molecule has 0 aliphatic carbocycles. The number of hydrogen-bond acceptors (Lipinski definition) is 5. The number of ether oxygens (including phenoxy) is 2. The highest BCUT2D eigenvalue weighted by molar-refractivity contribution is 7.89. The summed E-state index contributed by atoms with van der Waals surface area (Å²) in [6.45, 7) is 2.16. The molecule has 1 atom stereocenters. The second-order valence-corrected chi connectivity index (χ2v) is 12.0. The summed E-state index contributed by atoms with van der Waals surface area (Å²) >= 11 is 0. The molecule has 0 radical (unpaired) electrons. The molecule has 1 saturated heterocycles. The van der Waals surface area contributed by atoms with Crippen molar-refractivity contribution in [1.82, 2.24) is 4.31 Å². The van der Waals surface area contributed by atoms with Gasteiger partial charge in [0.1, 0.15) is 18.2 Å². The van der Waals surface area contributed by atoms with Crippen molar-refractivity contribution < 1.29 is 27.1 Å². The van der Waals surface area contributed by atoms with Gasteiger partial charge in [-0.25, -0.2) is 12.8 Å². The fourth-order valence-electron chi connectivity index (χ4n) is 4.76. The molecular weight excluding hydrogens is 529 g/mol. The van der Waals surface area contributed by atoms with Crippen molar-refractivity contribution in [3.05, 3.63) is 132 Å². The second kappa shape index (κ2) is 11.6. The fourth-order valence-corrected chi connectivity index (χ4v) is 6.37. The van der Waals surface area contributed by atoms with E-state index in [1.54, 1.807) is 25.1 Å². The summed E-state index contributed by atoms with van der Waals surface area (Å²) in [7, 11) is -3.83. The van der Waals surface area contributed by atoms with Crippen molar-refractivity contribution in [1.29, 1.82) is 0 Å². The summed E-state index contributed by atoms with van der Waals surface area (Å²) in [5.41, 5.74) is 1.56. The van der Waals surface area contributed by atoms with Crippen molar-refractivity contribution in [2.45, 2.75) is 30.4 Å². The molecule has 0 spiro atoms. The highest BCUT2D eigenvalue weighted by Crippen LogP contribution is 2.40. The predicted octanol–water partition coefficient (Wildman–Crippen LogP) is 5.73. The van der Waals surface area contributed by atoms with Gasteiger partial charge in [0.05, 0.1) is 23.9 Å². The molecule has 0 aromatic heterocycles. The number of sulfonamides is 1. The lowest BCUT2D eigenvalue weighted by Gasteiger charge is -2.48. The molecule has 0 amide bonds. The Kier molecular flexibility index (Phi) is 8.00. The molecule has 0 saturated carbocycles. The minimum Gasteiger partial charge on any atom is -0.480 e. The SMILES string of the molecule is C[C@@H](Cc1cccc(S(=O)(=O)N2CC(Oc3ccc(F)cc3)(c3ccccc3)C2)c1)C(=O)OCc1ccccc1. The van der Waals surface area contributed by atoms with E-state index in [0.29, 0.717) is 12.2 Å². The third-order valence-electron chi connectivity index (χ3n) is 6.99. The van der Waals surface area contributed by atoms with Gasteiger partial charge in [-0.3, -0.25) is 4.79 Å². The van der Waals surface area contributed by atoms with E-state index in [2.05, 4.69) is 0 Å². The van der Waals surface area contributed by atoms with E-state index in [4.69, 9.17) is 9.47 Å². The van der Waals surface area contributed by atoms with Crippen LogP contribution in [0.2, 0.25) is 0 Å². The zero-order chi connectivity index (χ0) is 28.2. The summed E-state index contributed by atoms with van der Waals surface area (Å²) in [6.07, 6.45) is 0.346. The maximum atomic E-state index is 13.6. The number of rotatable bonds is 10. The van der Waals surface area contributed by atoms with Crippen LogP contribution >= 0.6 is 0 Å². The maximum absolute atomic E-state index is 13.6. The third kappa shape index (κ3) is 6.08. The van der Waals surface area contributed by atoms with Crippen LogP contribution in [-0.4, -0.2) is 31.8 Å². The minimum atomic E-state index is -3.83. The quantitative estimate of drug-likeness (QED) is 0.232. The first-order valence-electron chi connectivity index (χ1n) is 13.0. The molecule has 1 aliphatic rings. The summed E-state index contributed by atoms with van der Waals surface area (Å²) < 4.78 is 53.7. The average molecular weight is 560 g/mol. The Bertz CT molecular complexity index is 1550. The van der Waals surface area contributed by atoms with E-state index in [1.807, 2.05) is 66.7 Å². The molecule has 5 rings (SSSR count). The largest absolute Gasteiger partial charge is 0.480 e. The van der Waals surface area contributed by atoms with Crippen LogP contribution in [0.25, 0.3) is 0 Å². The molecule has 0 N–H and O–H groups in total. The van der Waals surface area contributed by atoms with E-state index in [9.17, 15) is 17.6 Å². The number of nitrogens with zero attached hydrogens (tertiary/aromatic N) is 1. The minimum absolute atomic E-state index is 0.100. The van der Waals surface area contributed by atoms with Crippen molar-refractivity contribution >= 4 is 16.0 Å². The van der Waals surface area contributed by atoms with Crippen LogP contribution in [0.4, 0.5) is 4.39 Å². The van der Waals surface area contributed by atoms with Gasteiger partial charge in [-0.15, -0.1) is 0 Å². The Morgan fingerprint density at radius 1 is 0.875 bits per heavy atom. The highest BCUT2D eigenvalue weighted by atomic mass is 32.2. The number of carbonyl (C=O) groups excluding carboxylic acids is 1. The smallest absolute Gasteiger partial charge is 0.309 e. The van der Waals surface area contributed by atoms with E-state index >= 15 is 0 Å².